The number of carbonyl (C=O) groups is 1. The summed E-state index contributed by atoms with van der Waals surface area (Å²) in [5.41, 5.74) is -1.56. The van der Waals surface area contributed by atoms with E-state index in [0.29, 0.717) is 10.6 Å². The van der Waals surface area contributed by atoms with E-state index in [1.165, 1.54) is 0 Å². The molecule has 0 aliphatic rings. The van der Waals surface area contributed by atoms with Crippen LogP contribution in [0.3, 0.4) is 0 Å². The first-order valence-electron chi connectivity index (χ1n) is 5.55. The molecule has 1 aromatic carbocycles. The quantitative estimate of drug-likeness (QED) is 0.897. The molecule has 0 aromatic heterocycles. The molecule has 5 heteroatoms. The number of hydrogen-bond donors (Lipinski definition) is 2. The SMILES string of the molecule is CC(C)(O)C(C)(C)NC(=O)c1cccc(Cl)c1Cl. The molecule has 0 radical (unpaired) electrons. The van der Waals surface area contributed by atoms with E-state index in [0.717, 1.165) is 0 Å². The Morgan fingerprint density at radius 1 is 1.22 bits per heavy atom. The molecule has 1 aromatic rings. The Morgan fingerprint density at radius 2 is 1.78 bits per heavy atom. The van der Waals surface area contributed by atoms with Gasteiger partial charge in [-0.15, -0.1) is 0 Å². The van der Waals surface area contributed by atoms with Crippen LogP contribution >= 0.6 is 23.2 Å². The van der Waals surface area contributed by atoms with Crippen LogP contribution in [-0.4, -0.2) is 22.2 Å². The highest BCUT2D eigenvalue weighted by atomic mass is 35.5. The van der Waals surface area contributed by atoms with Gasteiger partial charge in [-0.05, 0) is 39.8 Å². The smallest absolute Gasteiger partial charge is 0.253 e. The molecule has 0 bridgehead atoms. The van der Waals surface area contributed by atoms with Gasteiger partial charge in [-0.3, -0.25) is 4.79 Å². The van der Waals surface area contributed by atoms with Crippen molar-refractivity contribution in [1.29, 1.82) is 0 Å². The van der Waals surface area contributed by atoms with E-state index in [9.17, 15) is 9.90 Å². The van der Waals surface area contributed by atoms with Gasteiger partial charge in [0.25, 0.3) is 5.91 Å². The summed E-state index contributed by atoms with van der Waals surface area (Å²) in [6.07, 6.45) is 0. The van der Waals surface area contributed by atoms with E-state index in [2.05, 4.69) is 5.32 Å². The fourth-order valence-corrected chi connectivity index (χ4v) is 1.57. The Morgan fingerprint density at radius 3 is 2.28 bits per heavy atom. The van der Waals surface area contributed by atoms with Crippen molar-refractivity contribution in [2.45, 2.75) is 38.8 Å². The summed E-state index contributed by atoms with van der Waals surface area (Å²) in [7, 11) is 0. The Bertz CT molecular complexity index is 465. The zero-order chi connectivity index (χ0) is 14.1. The lowest BCUT2D eigenvalue weighted by molar-refractivity contribution is -0.00292. The molecule has 3 nitrogen and oxygen atoms in total. The maximum Gasteiger partial charge on any atom is 0.253 e. The van der Waals surface area contributed by atoms with Crippen molar-refractivity contribution in [2.24, 2.45) is 0 Å². The normalized spacial score (nSPS) is 12.4. The third-order valence-corrected chi connectivity index (χ3v) is 3.97. The fourth-order valence-electron chi connectivity index (χ4n) is 1.18. The second kappa shape index (κ2) is 5.08. The summed E-state index contributed by atoms with van der Waals surface area (Å²) in [4.78, 5) is 12.1. The monoisotopic (exact) mass is 289 g/mol. The largest absolute Gasteiger partial charge is 0.388 e. The minimum atomic E-state index is -1.06. The van der Waals surface area contributed by atoms with Crippen molar-refractivity contribution >= 4 is 29.1 Å². The van der Waals surface area contributed by atoms with Crippen molar-refractivity contribution in [1.82, 2.24) is 5.32 Å². The highest BCUT2D eigenvalue weighted by molar-refractivity contribution is 6.43. The number of carbonyl (C=O) groups excluding carboxylic acids is 1. The summed E-state index contributed by atoms with van der Waals surface area (Å²) in [6, 6.07) is 4.85. The number of benzene rings is 1. The van der Waals surface area contributed by atoms with E-state index in [1.807, 2.05) is 0 Å². The molecule has 0 atom stereocenters. The van der Waals surface area contributed by atoms with Crippen LogP contribution in [0.5, 0.6) is 0 Å². The maximum absolute atomic E-state index is 12.1. The van der Waals surface area contributed by atoms with Crippen molar-refractivity contribution in [3.05, 3.63) is 33.8 Å². The van der Waals surface area contributed by atoms with Crippen LogP contribution in [0.1, 0.15) is 38.1 Å². The minimum absolute atomic E-state index is 0.211. The molecule has 0 aliphatic heterocycles. The number of aliphatic hydroxyl groups is 1. The average molecular weight is 290 g/mol. The molecule has 100 valence electrons. The first-order valence-corrected chi connectivity index (χ1v) is 6.31. The molecule has 0 unspecified atom stereocenters. The number of amides is 1. The fraction of sp³-hybridized carbons (Fsp3) is 0.462. The Labute approximate surface area is 117 Å². The molecule has 0 fully saturated rings. The first-order chi connectivity index (χ1) is 8.06. The Hall–Kier alpha value is -0.770. The summed E-state index contributed by atoms with van der Waals surface area (Å²) in [6.45, 7) is 6.74. The molecule has 1 rings (SSSR count). The third-order valence-electron chi connectivity index (χ3n) is 3.15. The number of halogens is 2. The summed E-state index contributed by atoms with van der Waals surface area (Å²) in [5.74, 6) is -0.366. The van der Waals surface area contributed by atoms with Crippen LogP contribution in [0.15, 0.2) is 18.2 Å². The lowest BCUT2D eigenvalue weighted by Crippen LogP contribution is -2.57. The van der Waals surface area contributed by atoms with Gasteiger partial charge >= 0.3 is 0 Å². The number of hydrogen-bond acceptors (Lipinski definition) is 2. The van der Waals surface area contributed by atoms with E-state index >= 15 is 0 Å². The molecule has 0 spiro atoms. The van der Waals surface area contributed by atoms with E-state index in [-0.39, 0.29) is 10.9 Å². The highest BCUT2D eigenvalue weighted by Gasteiger charge is 2.36. The Balaban J connectivity index is 3.00. The van der Waals surface area contributed by atoms with E-state index < -0.39 is 11.1 Å². The number of rotatable bonds is 3. The van der Waals surface area contributed by atoms with Crippen LogP contribution < -0.4 is 5.32 Å². The first kappa shape index (κ1) is 15.3. The van der Waals surface area contributed by atoms with Gasteiger partial charge in [0.05, 0.1) is 26.7 Å². The maximum atomic E-state index is 12.1. The van der Waals surface area contributed by atoms with Crippen molar-refractivity contribution in [3.63, 3.8) is 0 Å². The molecule has 2 N–H and O–H groups in total. The molecule has 0 aliphatic carbocycles. The lowest BCUT2D eigenvalue weighted by atomic mass is 9.86. The molecular formula is C13H17Cl2NO2. The standard InChI is InChI=1S/C13H17Cl2NO2/c1-12(2,13(3,4)18)16-11(17)8-6-5-7-9(14)10(8)15/h5-7,18H,1-4H3,(H,16,17). The summed E-state index contributed by atoms with van der Waals surface area (Å²) in [5, 5.41) is 13.3. The van der Waals surface area contributed by atoms with Gasteiger partial charge in [0.2, 0.25) is 0 Å². The second-order valence-corrected chi connectivity index (χ2v) is 6.02. The molecular weight excluding hydrogens is 273 g/mol. The van der Waals surface area contributed by atoms with Gasteiger partial charge in [0, 0.05) is 0 Å². The molecule has 1 amide bonds. The predicted octanol–water partition coefficient (Wildman–Crippen LogP) is 3.27. The van der Waals surface area contributed by atoms with Crippen molar-refractivity contribution < 1.29 is 9.90 Å². The predicted molar refractivity (Wildman–Crippen MR) is 74.3 cm³/mol. The molecule has 0 heterocycles. The minimum Gasteiger partial charge on any atom is -0.388 e. The topological polar surface area (TPSA) is 49.3 Å². The van der Waals surface area contributed by atoms with Crippen molar-refractivity contribution in [2.75, 3.05) is 0 Å². The van der Waals surface area contributed by atoms with Crippen LogP contribution in [0, 0.1) is 0 Å². The van der Waals surface area contributed by atoms with Crippen LogP contribution in [0.25, 0.3) is 0 Å². The van der Waals surface area contributed by atoms with E-state index in [4.69, 9.17) is 23.2 Å². The summed E-state index contributed by atoms with van der Waals surface area (Å²) >= 11 is 11.8. The van der Waals surface area contributed by atoms with Crippen LogP contribution in [-0.2, 0) is 0 Å². The van der Waals surface area contributed by atoms with E-state index in [1.54, 1.807) is 45.9 Å². The van der Waals surface area contributed by atoms with Crippen LogP contribution in [0.2, 0.25) is 10.0 Å². The van der Waals surface area contributed by atoms with Crippen LogP contribution in [0.4, 0.5) is 0 Å². The third kappa shape index (κ3) is 3.16. The van der Waals surface area contributed by atoms with Crippen molar-refractivity contribution in [3.8, 4) is 0 Å². The molecule has 18 heavy (non-hydrogen) atoms. The van der Waals surface area contributed by atoms with Gasteiger partial charge in [-0.2, -0.15) is 0 Å². The highest BCUT2D eigenvalue weighted by Crippen LogP contribution is 2.27. The Kier molecular flexibility index (Phi) is 4.31. The number of nitrogens with one attached hydrogen (secondary N) is 1. The summed E-state index contributed by atoms with van der Waals surface area (Å²) < 4.78 is 0. The molecule has 0 saturated carbocycles. The zero-order valence-electron chi connectivity index (χ0n) is 10.8. The van der Waals surface area contributed by atoms with Gasteiger partial charge in [0.1, 0.15) is 0 Å². The second-order valence-electron chi connectivity index (χ2n) is 5.24. The zero-order valence-corrected chi connectivity index (χ0v) is 12.4. The lowest BCUT2D eigenvalue weighted by Gasteiger charge is -2.38. The van der Waals surface area contributed by atoms with Gasteiger partial charge in [-0.25, -0.2) is 0 Å². The average Bonchev–Trinajstić information content (AvgIpc) is 2.19. The van der Waals surface area contributed by atoms with Gasteiger partial charge in [0.15, 0.2) is 0 Å². The molecule has 0 saturated heterocycles. The van der Waals surface area contributed by atoms with Gasteiger partial charge in [-0.1, -0.05) is 29.3 Å². The van der Waals surface area contributed by atoms with Gasteiger partial charge < -0.3 is 10.4 Å².